The van der Waals surface area contributed by atoms with E-state index in [0.717, 1.165) is 0 Å². The smallest absolute Gasteiger partial charge is 0.0535 e. The van der Waals surface area contributed by atoms with Crippen molar-refractivity contribution in [2.75, 3.05) is 0 Å². The highest BCUT2D eigenvalue weighted by atomic mass is 32.1. The molecule has 0 amide bonds. The highest BCUT2D eigenvalue weighted by Gasteiger charge is 2.17. The lowest BCUT2D eigenvalue weighted by Crippen LogP contribution is -1.70. The van der Waals surface area contributed by atoms with Gasteiger partial charge in [-0.25, -0.2) is 0 Å². The van der Waals surface area contributed by atoms with Gasteiger partial charge in [-0.1, -0.05) is 0 Å². The van der Waals surface area contributed by atoms with Crippen LogP contribution in [0.15, 0.2) is 60.7 Å². The van der Waals surface area contributed by atoms with E-state index in [0.29, 0.717) is 0 Å². The minimum Gasteiger partial charge on any atom is -0.141 e. The standard InChI is InChI=1S/C30H24S6/c1-17-5-11-25(31-17)23-15-21(35-29(23)27-13-7-19(3)33-27)9-10-22-16-24(26-12-6-18(2)32-26)30(36-22)28-14-8-20(4)34-28/h5-16H,1-4H3/b10-9+. The summed E-state index contributed by atoms with van der Waals surface area (Å²) < 4.78 is 0. The quantitative estimate of drug-likeness (QED) is 0.185. The van der Waals surface area contributed by atoms with Gasteiger partial charge in [-0.3, -0.25) is 0 Å². The van der Waals surface area contributed by atoms with E-state index in [1.54, 1.807) is 0 Å². The number of aryl methyl sites for hydroxylation is 4. The first-order chi connectivity index (χ1) is 17.4. The van der Waals surface area contributed by atoms with Crippen LogP contribution in [0, 0.1) is 27.7 Å². The van der Waals surface area contributed by atoms with Gasteiger partial charge in [0.1, 0.15) is 0 Å². The van der Waals surface area contributed by atoms with Gasteiger partial charge in [-0.2, -0.15) is 0 Å². The lowest BCUT2D eigenvalue weighted by molar-refractivity contribution is 1.64. The van der Waals surface area contributed by atoms with Crippen LogP contribution >= 0.6 is 68.0 Å². The zero-order valence-electron chi connectivity index (χ0n) is 20.4. The highest BCUT2D eigenvalue weighted by Crippen LogP contribution is 2.46. The van der Waals surface area contributed by atoms with Crippen molar-refractivity contribution in [3.05, 3.63) is 89.9 Å². The summed E-state index contributed by atoms with van der Waals surface area (Å²) in [7, 11) is 0. The predicted molar refractivity (Wildman–Crippen MR) is 170 cm³/mol. The van der Waals surface area contributed by atoms with Gasteiger partial charge in [0.05, 0.1) is 9.75 Å². The van der Waals surface area contributed by atoms with Crippen LogP contribution in [-0.2, 0) is 0 Å². The van der Waals surface area contributed by atoms with Crippen molar-refractivity contribution in [2.45, 2.75) is 27.7 Å². The molecule has 36 heavy (non-hydrogen) atoms. The minimum atomic E-state index is 1.30. The molecule has 6 heteroatoms. The molecule has 0 unspecified atom stereocenters. The number of hydrogen-bond acceptors (Lipinski definition) is 6. The van der Waals surface area contributed by atoms with Gasteiger partial charge in [-0.15, -0.1) is 68.0 Å². The zero-order valence-corrected chi connectivity index (χ0v) is 25.3. The lowest BCUT2D eigenvalue weighted by Gasteiger charge is -1.98. The molecule has 0 aliphatic heterocycles. The van der Waals surface area contributed by atoms with Crippen molar-refractivity contribution in [2.24, 2.45) is 0 Å². The molecular formula is C30H24S6. The van der Waals surface area contributed by atoms with E-state index in [4.69, 9.17) is 0 Å². The van der Waals surface area contributed by atoms with E-state index in [9.17, 15) is 0 Å². The Bertz CT molecular complexity index is 1450. The Balaban J connectivity index is 1.40. The molecule has 6 aromatic rings. The van der Waals surface area contributed by atoms with Gasteiger partial charge < -0.3 is 0 Å². The first-order valence-corrected chi connectivity index (χ1v) is 16.6. The fourth-order valence-electron chi connectivity index (χ4n) is 4.15. The third kappa shape index (κ3) is 4.91. The molecule has 0 saturated carbocycles. The van der Waals surface area contributed by atoms with Gasteiger partial charge in [0.15, 0.2) is 0 Å². The molecule has 6 heterocycles. The maximum atomic E-state index is 2.37. The van der Waals surface area contributed by atoms with Crippen molar-refractivity contribution in [1.82, 2.24) is 0 Å². The van der Waals surface area contributed by atoms with Crippen molar-refractivity contribution < 1.29 is 0 Å². The monoisotopic (exact) mass is 576 g/mol. The molecule has 0 bridgehead atoms. The Hall–Kier alpha value is -2.06. The van der Waals surface area contributed by atoms with Crippen molar-refractivity contribution >= 4 is 80.2 Å². The van der Waals surface area contributed by atoms with E-state index in [1.165, 1.54) is 69.7 Å². The average Bonchev–Trinajstić information content (AvgIpc) is 3.66. The SMILES string of the molecule is Cc1ccc(-c2cc(/C=C/c3cc(-c4ccc(C)s4)c(-c4ccc(C)s4)s3)sc2-c2ccc(C)s2)s1. The van der Waals surface area contributed by atoms with Gasteiger partial charge in [0.25, 0.3) is 0 Å². The van der Waals surface area contributed by atoms with Crippen molar-refractivity contribution in [1.29, 1.82) is 0 Å². The van der Waals surface area contributed by atoms with E-state index < -0.39 is 0 Å². The Morgan fingerprint density at radius 1 is 0.417 bits per heavy atom. The second-order valence-electron chi connectivity index (χ2n) is 8.76. The zero-order chi connectivity index (χ0) is 24.8. The fourth-order valence-corrected chi connectivity index (χ4v) is 10.2. The van der Waals surface area contributed by atoms with Crippen LogP contribution in [0.2, 0.25) is 0 Å². The second-order valence-corrected chi connectivity index (χ2v) is 16.1. The van der Waals surface area contributed by atoms with Crippen LogP contribution in [0.4, 0.5) is 0 Å². The van der Waals surface area contributed by atoms with Crippen molar-refractivity contribution in [3.8, 4) is 40.4 Å². The summed E-state index contributed by atoms with van der Waals surface area (Å²) in [6.45, 7) is 8.75. The molecule has 0 aliphatic rings. The molecule has 0 N–H and O–H groups in total. The highest BCUT2D eigenvalue weighted by molar-refractivity contribution is 7.24. The molecule has 0 atom stereocenters. The molecule has 180 valence electrons. The Labute approximate surface area is 236 Å². The topological polar surface area (TPSA) is 0 Å². The summed E-state index contributed by atoms with van der Waals surface area (Å²) >= 11 is 11.3. The van der Waals surface area contributed by atoms with Crippen LogP contribution in [0.5, 0.6) is 0 Å². The summed E-state index contributed by atoms with van der Waals surface area (Å²) in [6.07, 6.45) is 4.61. The summed E-state index contributed by atoms with van der Waals surface area (Å²) in [5.41, 5.74) is 2.71. The van der Waals surface area contributed by atoms with Crippen LogP contribution in [0.3, 0.4) is 0 Å². The number of thiophene rings is 6. The molecule has 0 aromatic carbocycles. The van der Waals surface area contributed by atoms with E-state index in [2.05, 4.69) is 101 Å². The van der Waals surface area contributed by atoms with Crippen LogP contribution in [0.25, 0.3) is 52.5 Å². The molecule has 0 fully saturated rings. The van der Waals surface area contributed by atoms with E-state index in [-0.39, 0.29) is 0 Å². The first kappa shape index (κ1) is 24.3. The summed E-state index contributed by atoms with van der Waals surface area (Å²) in [6, 6.07) is 22.7. The van der Waals surface area contributed by atoms with Crippen LogP contribution in [0.1, 0.15) is 29.3 Å². The Morgan fingerprint density at radius 3 is 1.06 bits per heavy atom. The Morgan fingerprint density at radius 2 is 0.750 bits per heavy atom. The molecule has 0 nitrogen and oxygen atoms in total. The fraction of sp³-hybridized carbons (Fsp3) is 0.133. The first-order valence-electron chi connectivity index (χ1n) is 11.7. The molecule has 0 aliphatic carbocycles. The third-order valence-corrected chi connectivity index (χ3v) is 12.5. The van der Waals surface area contributed by atoms with E-state index >= 15 is 0 Å². The Kier molecular flexibility index (Phi) is 6.75. The molecule has 0 saturated heterocycles. The number of hydrogen-bond donors (Lipinski definition) is 0. The van der Waals surface area contributed by atoms with Crippen LogP contribution in [-0.4, -0.2) is 0 Å². The van der Waals surface area contributed by atoms with Crippen LogP contribution < -0.4 is 0 Å². The molecule has 0 spiro atoms. The summed E-state index contributed by atoms with van der Waals surface area (Å²) in [5, 5.41) is 0. The van der Waals surface area contributed by atoms with Gasteiger partial charge >= 0.3 is 0 Å². The van der Waals surface area contributed by atoms with Crippen molar-refractivity contribution in [3.63, 3.8) is 0 Å². The maximum Gasteiger partial charge on any atom is 0.0535 e. The molecule has 6 aromatic heterocycles. The normalized spacial score (nSPS) is 11.8. The van der Waals surface area contributed by atoms with E-state index in [1.807, 2.05) is 68.0 Å². The molecular weight excluding hydrogens is 553 g/mol. The summed E-state index contributed by atoms with van der Waals surface area (Å²) in [5.74, 6) is 0. The van der Waals surface area contributed by atoms with Gasteiger partial charge in [0, 0.05) is 59.9 Å². The third-order valence-electron chi connectivity index (χ3n) is 5.85. The van der Waals surface area contributed by atoms with Gasteiger partial charge in [-0.05, 0) is 101 Å². The maximum absolute atomic E-state index is 2.37. The summed E-state index contributed by atoms with van der Waals surface area (Å²) in [4.78, 5) is 16.2. The van der Waals surface area contributed by atoms with Gasteiger partial charge in [0.2, 0.25) is 0 Å². The minimum absolute atomic E-state index is 1.30. The second kappa shape index (κ2) is 10.0. The molecule has 0 radical (unpaired) electrons. The largest absolute Gasteiger partial charge is 0.141 e. The predicted octanol–water partition coefficient (Wildman–Crippen LogP) is 12.1. The molecule has 6 rings (SSSR count). The average molecular weight is 577 g/mol. The lowest BCUT2D eigenvalue weighted by atomic mass is 10.1. The number of rotatable bonds is 6.